The van der Waals surface area contributed by atoms with Crippen molar-refractivity contribution >= 4 is 6.21 Å². The summed E-state index contributed by atoms with van der Waals surface area (Å²) in [5.74, 6) is 0. The van der Waals surface area contributed by atoms with Crippen LogP contribution in [0.25, 0.3) is 0 Å². The predicted molar refractivity (Wildman–Crippen MR) is 53.6 cm³/mol. The second kappa shape index (κ2) is 6.23. The first-order valence-electron chi connectivity index (χ1n) is 4.52. The molecule has 0 aliphatic carbocycles. The summed E-state index contributed by atoms with van der Waals surface area (Å²) in [6.45, 7) is 2.61. The van der Waals surface area contributed by atoms with Gasteiger partial charge in [-0.05, 0) is 12.0 Å². The standard InChI is InChI=1S/C11H14NO/c1-2-3-9-12-13-10-11-7-5-4-6-8-11/h4-8H,2-3,10H2,1H3. The molecule has 0 unspecified atom stereocenters. The van der Waals surface area contributed by atoms with E-state index in [-0.39, 0.29) is 0 Å². The summed E-state index contributed by atoms with van der Waals surface area (Å²) in [4.78, 5) is 5.04. The van der Waals surface area contributed by atoms with Crippen molar-refractivity contribution in [2.45, 2.75) is 26.4 Å². The molecule has 1 aromatic carbocycles. The zero-order valence-corrected chi connectivity index (χ0v) is 7.86. The van der Waals surface area contributed by atoms with Gasteiger partial charge in [-0.2, -0.15) is 0 Å². The minimum absolute atomic E-state index is 0.525. The highest BCUT2D eigenvalue weighted by Crippen LogP contribution is 2.00. The molecule has 0 atom stereocenters. The van der Waals surface area contributed by atoms with Crippen LogP contribution in [0.15, 0.2) is 35.5 Å². The molecule has 0 spiro atoms. The minimum Gasteiger partial charge on any atom is -0.391 e. The molecule has 1 aromatic rings. The molecule has 69 valence electrons. The molecule has 0 saturated carbocycles. The van der Waals surface area contributed by atoms with Crippen LogP contribution < -0.4 is 0 Å². The van der Waals surface area contributed by atoms with E-state index in [2.05, 4.69) is 18.3 Å². The average Bonchev–Trinajstić information content (AvgIpc) is 2.19. The Morgan fingerprint density at radius 2 is 2.08 bits per heavy atom. The largest absolute Gasteiger partial charge is 0.391 e. The summed E-state index contributed by atoms with van der Waals surface area (Å²) in [5, 5.41) is 3.71. The minimum atomic E-state index is 0.525. The van der Waals surface area contributed by atoms with E-state index in [4.69, 9.17) is 4.84 Å². The van der Waals surface area contributed by atoms with Gasteiger partial charge in [0.15, 0.2) is 0 Å². The van der Waals surface area contributed by atoms with Gasteiger partial charge in [0.25, 0.3) is 0 Å². The highest BCUT2D eigenvalue weighted by Gasteiger charge is 1.88. The molecular weight excluding hydrogens is 162 g/mol. The molecule has 2 heteroatoms. The number of hydrogen-bond acceptors (Lipinski definition) is 2. The Hall–Kier alpha value is -1.31. The molecule has 2 nitrogen and oxygen atoms in total. The highest BCUT2D eigenvalue weighted by atomic mass is 16.6. The fourth-order valence-electron chi connectivity index (χ4n) is 0.884. The van der Waals surface area contributed by atoms with E-state index >= 15 is 0 Å². The Morgan fingerprint density at radius 3 is 2.77 bits per heavy atom. The Balaban J connectivity index is 2.20. The molecule has 1 radical (unpaired) electrons. The number of rotatable bonds is 5. The number of hydrogen-bond donors (Lipinski definition) is 0. The SMILES string of the molecule is CCC/[C]=N/OCc1ccccc1. The van der Waals surface area contributed by atoms with Crippen LogP contribution >= 0.6 is 0 Å². The molecule has 1 rings (SSSR count). The second-order valence-corrected chi connectivity index (χ2v) is 2.76. The average molecular weight is 176 g/mol. The molecular formula is C11H14NO. The fraction of sp³-hybridized carbons (Fsp3) is 0.364. The molecule has 0 N–H and O–H groups in total. The van der Waals surface area contributed by atoms with E-state index in [0.717, 1.165) is 18.4 Å². The first kappa shape index (κ1) is 9.78. The summed E-state index contributed by atoms with van der Waals surface area (Å²) in [7, 11) is 0. The smallest absolute Gasteiger partial charge is 0.142 e. The summed E-state index contributed by atoms with van der Waals surface area (Å²) >= 11 is 0. The van der Waals surface area contributed by atoms with Crippen molar-refractivity contribution < 1.29 is 4.84 Å². The van der Waals surface area contributed by atoms with Crippen LogP contribution in [0.3, 0.4) is 0 Å². The van der Waals surface area contributed by atoms with E-state index < -0.39 is 0 Å². The van der Waals surface area contributed by atoms with E-state index in [1.165, 1.54) is 0 Å². The molecule has 0 saturated heterocycles. The van der Waals surface area contributed by atoms with Gasteiger partial charge < -0.3 is 4.84 Å². The van der Waals surface area contributed by atoms with E-state index in [0.29, 0.717) is 6.61 Å². The predicted octanol–water partition coefficient (Wildman–Crippen LogP) is 2.87. The molecule has 13 heavy (non-hydrogen) atoms. The third-order valence-electron chi connectivity index (χ3n) is 1.56. The van der Waals surface area contributed by atoms with Crippen LogP contribution in [0.2, 0.25) is 0 Å². The van der Waals surface area contributed by atoms with Gasteiger partial charge in [0.05, 0.1) is 0 Å². The Labute approximate surface area is 79.2 Å². The van der Waals surface area contributed by atoms with Crippen LogP contribution in [-0.2, 0) is 11.4 Å². The molecule has 0 heterocycles. The van der Waals surface area contributed by atoms with Gasteiger partial charge in [0.2, 0.25) is 0 Å². The summed E-state index contributed by atoms with van der Waals surface area (Å²) < 4.78 is 0. The van der Waals surface area contributed by atoms with Gasteiger partial charge >= 0.3 is 0 Å². The van der Waals surface area contributed by atoms with Crippen LogP contribution in [0, 0.1) is 0 Å². The fourth-order valence-corrected chi connectivity index (χ4v) is 0.884. The Kier molecular flexibility index (Phi) is 4.69. The quantitative estimate of drug-likeness (QED) is 0.499. The van der Waals surface area contributed by atoms with Crippen LogP contribution in [0.5, 0.6) is 0 Å². The normalized spacial score (nSPS) is 10.5. The monoisotopic (exact) mass is 176 g/mol. The maximum absolute atomic E-state index is 5.04. The van der Waals surface area contributed by atoms with Gasteiger partial charge in [-0.1, -0.05) is 48.8 Å². The van der Waals surface area contributed by atoms with E-state index in [9.17, 15) is 0 Å². The lowest BCUT2D eigenvalue weighted by molar-refractivity contribution is 0.131. The van der Waals surface area contributed by atoms with Gasteiger partial charge in [-0.25, -0.2) is 0 Å². The lowest BCUT2D eigenvalue weighted by Crippen LogP contribution is -1.86. The Bertz CT molecular complexity index is 244. The number of nitrogens with zero attached hydrogens (tertiary/aromatic N) is 1. The lowest BCUT2D eigenvalue weighted by atomic mass is 10.2. The van der Waals surface area contributed by atoms with Crippen molar-refractivity contribution in [3.63, 3.8) is 0 Å². The lowest BCUT2D eigenvalue weighted by Gasteiger charge is -1.97. The molecule has 0 aromatic heterocycles. The third kappa shape index (κ3) is 4.31. The number of benzene rings is 1. The number of unbranched alkanes of at least 4 members (excludes halogenated alkanes) is 1. The van der Waals surface area contributed by atoms with E-state index in [1.54, 1.807) is 0 Å². The second-order valence-electron chi connectivity index (χ2n) is 2.76. The molecule has 0 aliphatic rings. The van der Waals surface area contributed by atoms with Crippen molar-refractivity contribution in [1.29, 1.82) is 0 Å². The van der Waals surface area contributed by atoms with Gasteiger partial charge in [-0.15, -0.1) is 0 Å². The maximum Gasteiger partial charge on any atom is 0.142 e. The first-order valence-corrected chi connectivity index (χ1v) is 4.52. The van der Waals surface area contributed by atoms with Gasteiger partial charge in [0, 0.05) is 0 Å². The van der Waals surface area contributed by atoms with Crippen molar-refractivity contribution in [3.8, 4) is 0 Å². The molecule has 0 amide bonds. The van der Waals surface area contributed by atoms with Crippen molar-refractivity contribution in [2.75, 3.05) is 0 Å². The van der Waals surface area contributed by atoms with Crippen molar-refractivity contribution in [3.05, 3.63) is 35.9 Å². The molecule has 0 bridgehead atoms. The van der Waals surface area contributed by atoms with Crippen LogP contribution in [-0.4, -0.2) is 6.21 Å². The van der Waals surface area contributed by atoms with Crippen LogP contribution in [0.1, 0.15) is 25.3 Å². The topological polar surface area (TPSA) is 21.6 Å². The van der Waals surface area contributed by atoms with Gasteiger partial charge in [0.1, 0.15) is 12.8 Å². The van der Waals surface area contributed by atoms with Crippen molar-refractivity contribution in [2.24, 2.45) is 5.16 Å². The first-order chi connectivity index (χ1) is 6.43. The summed E-state index contributed by atoms with van der Waals surface area (Å²) in [6, 6.07) is 9.97. The molecule has 0 fully saturated rings. The Morgan fingerprint density at radius 1 is 1.31 bits per heavy atom. The highest BCUT2D eigenvalue weighted by molar-refractivity contribution is 5.55. The van der Waals surface area contributed by atoms with E-state index in [1.807, 2.05) is 30.3 Å². The molecule has 0 aliphatic heterocycles. The van der Waals surface area contributed by atoms with Crippen molar-refractivity contribution in [1.82, 2.24) is 0 Å². The zero-order valence-electron chi connectivity index (χ0n) is 7.86. The maximum atomic E-state index is 5.04. The third-order valence-corrected chi connectivity index (χ3v) is 1.56. The summed E-state index contributed by atoms with van der Waals surface area (Å²) in [5.41, 5.74) is 1.13. The van der Waals surface area contributed by atoms with Crippen LogP contribution in [0.4, 0.5) is 0 Å². The van der Waals surface area contributed by atoms with Gasteiger partial charge in [-0.3, -0.25) is 0 Å². The summed E-state index contributed by atoms with van der Waals surface area (Å²) in [6.07, 6.45) is 4.72. The zero-order chi connectivity index (χ0) is 9.36.